The molecule has 1 heterocycles. The Bertz CT molecular complexity index is 544. The summed E-state index contributed by atoms with van der Waals surface area (Å²) < 4.78 is 11.1. The Kier molecular flexibility index (Phi) is 3.83. The van der Waals surface area contributed by atoms with E-state index in [1.807, 2.05) is 25.1 Å². The molecule has 1 aliphatic rings. The molecule has 108 valence electrons. The molecule has 20 heavy (non-hydrogen) atoms. The van der Waals surface area contributed by atoms with Gasteiger partial charge in [-0.25, -0.2) is 0 Å². The molecule has 0 bridgehead atoms. The van der Waals surface area contributed by atoms with Crippen LogP contribution in [-0.2, 0) is 11.2 Å². The number of hydrogen-bond donors (Lipinski definition) is 3. The van der Waals surface area contributed by atoms with Crippen molar-refractivity contribution in [1.82, 2.24) is 5.32 Å². The molecule has 0 fully saturated rings. The maximum Gasteiger partial charge on any atom is 0.230 e. The number of carbonyl (C=O) groups excluding carboxylic acids is 1. The molecule has 6 heteroatoms. The summed E-state index contributed by atoms with van der Waals surface area (Å²) in [6, 6.07) is 5.70. The first-order valence-electron chi connectivity index (χ1n) is 6.42. The molecule has 1 unspecified atom stereocenters. The summed E-state index contributed by atoms with van der Waals surface area (Å²) >= 11 is 0. The van der Waals surface area contributed by atoms with E-state index in [9.17, 15) is 4.79 Å². The summed E-state index contributed by atoms with van der Waals surface area (Å²) in [5.74, 6) is 0.803. The number of ether oxygens (including phenoxy) is 2. The van der Waals surface area contributed by atoms with E-state index in [1.165, 1.54) is 0 Å². The fourth-order valence-corrected chi connectivity index (χ4v) is 2.34. The van der Waals surface area contributed by atoms with E-state index in [-0.39, 0.29) is 18.3 Å². The summed E-state index contributed by atoms with van der Waals surface area (Å²) in [5, 5.41) is 9.34. The normalized spacial score (nSPS) is 20.5. The van der Waals surface area contributed by atoms with Gasteiger partial charge in [-0.1, -0.05) is 6.07 Å². The topological polar surface area (TPSA) is 97.4 Å². The van der Waals surface area contributed by atoms with Crippen molar-refractivity contribution in [3.05, 3.63) is 23.8 Å². The number of guanidine groups is 1. The first-order valence-corrected chi connectivity index (χ1v) is 6.42. The van der Waals surface area contributed by atoms with Crippen molar-refractivity contribution in [2.45, 2.75) is 31.8 Å². The molecular weight excluding hydrogens is 258 g/mol. The van der Waals surface area contributed by atoms with Crippen LogP contribution in [0.15, 0.2) is 18.2 Å². The predicted molar refractivity (Wildman–Crippen MR) is 75.0 cm³/mol. The van der Waals surface area contributed by atoms with E-state index in [0.29, 0.717) is 0 Å². The number of benzene rings is 1. The number of aryl methyl sites for hydroxylation is 1. The van der Waals surface area contributed by atoms with Crippen LogP contribution < -0.4 is 20.5 Å². The first-order chi connectivity index (χ1) is 9.42. The van der Waals surface area contributed by atoms with Crippen LogP contribution in [0.3, 0.4) is 0 Å². The van der Waals surface area contributed by atoms with Crippen molar-refractivity contribution < 1.29 is 14.3 Å². The van der Waals surface area contributed by atoms with Crippen LogP contribution in [-0.4, -0.2) is 24.6 Å². The minimum Gasteiger partial charge on any atom is -0.497 e. The largest absolute Gasteiger partial charge is 0.497 e. The Hall–Kier alpha value is -2.24. The highest BCUT2D eigenvalue weighted by Crippen LogP contribution is 2.37. The van der Waals surface area contributed by atoms with Crippen molar-refractivity contribution in [2.75, 3.05) is 7.11 Å². The third kappa shape index (κ3) is 3.20. The molecule has 1 aliphatic heterocycles. The van der Waals surface area contributed by atoms with Gasteiger partial charge in [-0.15, -0.1) is 0 Å². The number of carbonyl (C=O) groups is 1. The van der Waals surface area contributed by atoms with Crippen molar-refractivity contribution >= 4 is 11.9 Å². The number of hydrogen-bond acceptors (Lipinski definition) is 4. The van der Waals surface area contributed by atoms with E-state index >= 15 is 0 Å². The van der Waals surface area contributed by atoms with Crippen molar-refractivity contribution in [1.29, 1.82) is 5.41 Å². The summed E-state index contributed by atoms with van der Waals surface area (Å²) in [4.78, 5) is 11.7. The predicted octanol–water partition coefficient (Wildman–Crippen LogP) is 1.18. The minimum absolute atomic E-state index is 0.156. The highest BCUT2D eigenvalue weighted by Gasteiger charge is 2.34. The number of fused-ring (bicyclic) bond motifs is 1. The summed E-state index contributed by atoms with van der Waals surface area (Å²) in [5.41, 5.74) is 5.66. The quantitative estimate of drug-likeness (QED) is 0.571. The van der Waals surface area contributed by atoms with E-state index in [2.05, 4.69) is 5.32 Å². The maximum absolute atomic E-state index is 11.7. The van der Waals surface area contributed by atoms with Gasteiger partial charge in [-0.3, -0.25) is 15.5 Å². The number of nitrogens with two attached hydrogens (primary N) is 1. The van der Waals surface area contributed by atoms with Crippen molar-refractivity contribution in [2.24, 2.45) is 5.73 Å². The molecule has 0 saturated heterocycles. The second kappa shape index (κ2) is 5.40. The SMILES string of the molecule is COc1ccc2c(c1)OC(C)(CC(=O)NC(=N)N)CC2. The van der Waals surface area contributed by atoms with Gasteiger partial charge in [-0.05, 0) is 31.4 Å². The third-order valence-corrected chi connectivity index (χ3v) is 3.36. The van der Waals surface area contributed by atoms with Gasteiger partial charge in [0, 0.05) is 6.07 Å². The molecule has 0 saturated carbocycles. The Morgan fingerprint density at radius 1 is 1.60 bits per heavy atom. The fraction of sp³-hybridized carbons (Fsp3) is 0.429. The molecule has 0 aliphatic carbocycles. The Morgan fingerprint density at radius 3 is 3.00 bits per heavy atom. The highest BCUT2D eigenvalue weighted by atomic mass is 16.5. The second-order valence-electron chi connectivity index (χ2n) is 5.16. The van der Waals surface area contributed by atoms with E-state index < -0.39 is 5.60 Å². The van der Waals surface area contributed by atoms with Crippen LogP contribution in [0.2, 0.25) is 0 Å². The fourth-order valence-electron chi connectivity index (χ4n) is 2.34. The van der Waals surface area contributed by atoms with E-state index in [1.54, 1.807) is 7.11 Å². The third-order valence-electron chi connectivity index (χ3n) is 3.36. The maximum atomic E-state index is 11.7. The van der Waals surface area contributed by atoms with E-state index in [4.69, 9.17) is 20.6 Å². The molecule has 6 nitrogen and oxygen atoms in total. The Balaban J connectivity index is 2.12. The molecule has 1 atom stereocenters. The summed E-state index contributed by atoms with van der Waals surface area (Å²) in [7, 11) is 1.60. The lowest BCUT2D eigenvalue weighted by Crippen LogP contribution is -2.44. The van der Waals surface area contributed by atoms with Gasteiger partial charge in [0.25, 0.3) is 0 Å². The molecule has 1 amide bonds. The van der Waals surface area contributed by atoms with Gasteiger partial charge >= 0.3 is 0 Å². The van der Waals surface area contributed by atoms with Crippen LogP contribution in [0.1, 0.15) is 25.3 Å². The molecule has 1 aromatic carbocycles. The van der Waals surface area contributed by atoms with Crippen LogP contribution in [0, 0.1) is 5.41 Å². The Labute approximate surface area is 117 Å². The second-order valence-corrected chi connectivity index (χ2v) is 5.16. The van der Waals surface area contributed by atoms with Crippen molar-refractivity contribution in [3.8, 4) is 11.5 Å². The summed E-state index contributed by atoms with van der Waals surface area (Å²) in [6.45, 7) is 1.88. The van der Waals surface area contributed by atoms with Gasteiger partial charge in [-0.2, -0.15) is 0 Å². The zero-order valence-electron chi connectivity index (χ0n) is 11.7. The standard InChI is InChI=1S/C14H19N3O3/c1-14(8-12(18)17-13(15)16)6-5-9-3-4-10(19-2)7-11(9)20-14/h3-4,7H,5-6,8H2,1-2H3,(H4,15,16,17,18). The van der Waals surface area contributed by atoms with Crippen molar-refractivity contribution in [3.63, 3.8) is 0 Å². The lowest BCUT2D eigenvalue weighted by atomic mass is 9.89. The van der Waals surface area contributed by atoms with Gasteiger partial charge in [0.2, 0.25) is 5.91 Å². The number of rotatable bonds is 3. The van der Waals surface area contributed by atoms with E-state index in [0.717, 1.165) is 29.9 Å². The zero-order chi connectivity index (χ0) is 14.8. The van der Waals surface area contributed by atoms with Gasteiger partial charge in [0.15, 0.2) is 5.96 Å². The van der Waals surface area contributed by atoms with Crippen LogP contribution in [0.4, 0.5) is 0 Å². The molecule has 0 aromatic heterocycles. The van der Waals surface area contributed by atoms with Gasteiger partial charge < -0.3 is 15.2 Å². The first kappa shape index (κ1) is 14.2. The Morgan fingerprint density at radius 2 is 2.35 bits per heavy atom. The molecule has 1 aromatic rings. The van der Waals surface area contributed by atoms with Crippen LogP contribution in [0.25, 0.3) is 0 Å². The summed E-state index contributed by atoms with van der Waals surface area (Å²) in [6.07, 6.45) is 1.73. The average Bonchev–Trinajstić information content (AvgIpc) is 2.36. The average molecular weight is 277 g/mol. The number of amides is 1. The molecule has 0 radical (unpaired) electrons. The van der Waals surface area contributed by atoms with Gasteiger partial charge in [0.1, 0.15) is 17.1 Å². The molecular formula is C14H19N3O3. The monoisotopic (exact) mass is 277 g/mol. The zero-order valence-corrected chi connectivity index (χ0v) is 11.7. The molecule has 2 rings (SSSR count). The highest BCUT2D eigenvalue weighted by molar-refractivity contribution is 5.94. The molecule has 0 spiro atoms. The van der Waals surface area contributed by atoms with Crippen LogP contribution >= 0.6 is 0 Å². The smallest absolute Gasteiger partial charge is 0.230 e. The lowest BCUT2D eigenvalue weighted by Gasteiger charge is -2.35. The molecule has 4 N–H and O–H groups in total. The minimum atomic E-state index is -0.598. The number of methoxy groups -OCH3 is 1. The van der Waals surface area contributed by atoms with Crippen LogP contribution in [0.5, 0.6) is 11.5 Å². The number of nitrogens with one attached hydrogen (secondary N) is 2. The lowest BCUT2D eigenvalue weighted by molar-refractivity contribution is -0.123. The van der Waals surface area contributed by atoms with Gasteiger partial charge in [0.05, 0.1) is 13.5 Å².